The summed E-state index contributed by atoms with van der Waals surface area (Å²) in [5, 5.41) is 3.10. The van der Waals surface area contributed by atoms with Gasteiger partial charge in [-0.05, 0) is 12.5 Å². The van der Waals surface area contributed by atoms with E-state index in [0.717, 1.165) is 6.42 Å². The fourth-order valence-corrected chi connectivity index (χ4v) is 3.32. The van der Waals surface area contributed by atoms with E-state index in [9.17, 15) is 13.2 Å². The van der Waals surface area contributed by atoms with E-state index in [-0.39, 0.29) is 5.56 Å². The van der Waals surface area contributed by atoms with Crippen molar-refractivity contribution in [1.29, 1.82) is 0 Å². The number of nitrogens with zero attached hydrogens (tertiary/aromatic N) is 2. The third-order valence-corrected chi connectivity index (χ3v) is 4.65. The van der Waals surface area contributed by atoms with E-state index in [4.69, 9.17) is 0 Å². The Kier molecular flexibility index (Phi) is 4.79. The van der Waals surface area contributed by atoms with Crippen molar-refractivity contribution in [3.63, 3.8) is 0 Å². The topological polar surface area (TPSA) is 83.4 Å². The smallest absolute Gasteiger partial charge is 0.301 e. The van der Waals surface area contributed by atoms with Crippen LogP contribution >= 0.6 is 0 Å². The van der Waals surface area contributed by atoms with Gasteiger partial charge < -0.3 is 9.88 Å². The van der Waals surface area contributed by atoms with Crippen LogP contribution in [0.15, 0.2) is 23.1 Å². The highest BCUT2D eigenvalue weighted by molar-refractivity contribution is 7.90. The molecule has 7 nitrogen and oxygen atoms in total. The Bertz CT molecular complexity index is 605. The van der Waals surface area contributed by atoms with E-state index in [1.807, 2.05) is 6.92 Å². The maximum Gasteiger partial charge on any atom is 0.301 e. The van der Waals surface area contributed by atoms with Gasteiger partial charge in [-0.1, -0.05) is 6.92 Å². The van der Waals surface area contributed by atoms with Crippen molar-refractivity contribution in [2.45, 2.75) is 19.9 Å². The van der Waals surface area contributed by atoms with Crippen molar-refractivity contribution in [3.05, 3.63) is 28.7 Å². The van der Waals surface area contributed by atoms with E-state index in [1.54, 1.807) is 6.20 Å². The van der Waals surface area contributed by atoms with Crippen molar-refractivity contribution in [2.75, 3.05) is 30.9 Å². The van der Waals surface area contributed by atoms with Crippen molar-refractivity contribution in [3.8, 4) is 0 Å². The van der Waals surface area contributed by atoms with Gasteiger partial charge in [-0.2, -0.15) is 12.7 Å². The highest BCUT2D eigenvalue weighted by atomic mass is 32.2. The number of anilines is 1. The molecule has 0 radical (unpaired) electrons. The predicted octanol–water partition coefficient (Wildman–Crippen LogP) is -0.180. The molecule has 0 atom stereocenters. The van der Waals surface area contributed by atoms with Crippen LogP contribution in [0.25, 0.3) is 0 Å². The van der Waals surface area contributed by atoms with Gasteiger partial charge in [0, 0.05) is 45.0 Å². The number of aromatic nitrogens is 1. The Balaban J connectivity index is 2.16. The average Bonchev–Trinajstić information content (AvgIpc) is 2.43. The number of hydrogen-bond donors (Lipinski definition) is 2. The molecule has 1 aliphatic rings. The Morgan fingerprint density at radius 1 is 1.30 bits per heavy atom. The molecule has 2 N–H and O–H groups in total. The third-order valence-electron chi connectivity index (χ3n) is 3.11. The van der Waals surface area contributed by atoms with Gasteiger partial charge in [-0.25, -0.2) is 0 Å². The Hall–Kier alpha value is -1.38. The number of piperazine rings is 1. The van der Waals surface area contributed by atoms with Crippen LogP contribution in [0.4, 0.5) is 5.69 Å². The maximum atomic E-state index is 12.2. The highest BCUT2D eigenvalue weighted by Crippen LogP contribution is 2.10. The maximum absolute atomic E-state index is 12.2. The average molecular weight is 300 g/mol. The van der Waals surface area contributed by atoms with Crippen LogP contribution in [-0.2, 0) is 16.8 Å². The van der Waals surface area contributed by atoms with Gasteiger partial charge in [0.15, 0.2) is 0 Å². The zero-order valence-electron chi connectivity index (χ0n) is 11.5. The second-order valence-electron chi connectivity index (χ2n) is 4.71. The lowest BCUT2D eigenvalue weighted by atomic mass is 10.4. The molecule has 2 rings (SSSR count). The zero-order chi connectivity index (χ0) is 14.6. The SMILES string of the molecule is CCCn1cc(NS(=O)(=O)N2CCNCC2)ccc1=O. The summed E-state index contributed by atoms with van der Waals surface area (Å²) in [4.78, 5) is 11.6. The molecule has 0 aliphatic carbocycles. The first-order valence-corrected chi connectivity index (χ1v) is 8.16. The van der Waals surface area contributed by atoms with Crippen LogP contribution < -0.4 is 15.6 Å². The number of rotatable bonds is 5. The van der Waals surface area contributed by atoms with Gasteiger partial charge >= 0.3 is 10.2 Å². The summed E-state index contributed by atoms with van der Waals surface area (Å²) >= 11 is 0. The lowest BCUT2D eigenvalue weighted by Crippen LogP contribution is -2.48. The van der Waals surface area contributed by atoms with E-state index in [0.29, 0.717) is 38.4 Å². The number of nitrogens with one attached hydrogen (secondary N) is 2. The van der Waals surface area contributed by atoms with E-state index >= 15 is 0 Å². The molecule has 1 aromatic heterocycles. The highest BCUT2D eigenvalue weighted by Gasteiger charge is 2.23. The lowest BCUT2D eigenvalue weighted by Gasteiger charge is -2.26. The summed E-state index contributed by atoms with van der Waals surface area (Å²) in [6, 6.07) is 2.87. The first-order chi connectivity index (χ1) is 9.53. The molecule has 1 aliphatic heterocycles. The van der Waals surface area contributed by atoms with Crippen LogP contribution in [-0.4, -0.2) is 43.5 Å². The molecule has 0 bridgehead atoms. The number of hydrogen-bond acceptors (Lipinski definition) is 4. The normalized spacial score (nSPS) is 17.1. The Morgan fingerprint density at radius 2 is 2.00 bits per heavy atom. The zero-order valence-corrected chi connectivity index (χ0v) is 12.3. The fourth-order valence-electron chi connectivity index (χ4n) is 2.11. The van der Waals surface area contributed by atoms with Crippen LogP contribution in [0.5, 0.6) is 0 Å². The van der Waals surface area contributed by atoms with Crippen molar-refractivity contribution in [1.82, 2.24) is 14.2 Å². The summed E-state index contributed by atoms with van der Waals surface area (Å²) in [5.41, 5.74) is 0.286. The van der Waals surface area contributed by atoms with E-state index in [1.165, 1.54) is 21.0 Å². The molecule has 2 heterocycles. The number of aryl methyl sites for hydroxylation is 1. The molecule has 1 aromatic rings. The molecule has 0 saturated carbocycles. The number of pyridine rings is 1. The predicted molar refractivity (Wildman–Crippen MR) is 78.0 cm³/mol. The summed E-state index contributed by atoms with van der Waals surface area (Å²) in [6.07, 6.45) is 2.36. The summed E-state index contributed by atoms with van der Waals surface area (Å²) < 4.78 is 29.9. The van der Waals surface area contributed by atoms with Crippen molar-refractivity contribution < 1.29 is 8.42 Å². The van der Waals surface area contributed by atoms with Crippen LogP contribution in [0.1, 0.15) is 13.3 Å². The van der Waals surface area contributed by atoms with Crippen LogP contribution in [0.2, 0.25) is 0 Å². The minimum atomic E-state index is -3.55. The molecule has 20 heavy (non-hydrogen) atoms. The minimum absolute atomic E-state index is 0.128. The second-order valence-corrected chi connectivity index (χ2v) is 6.38. The van der Waals surface area contributed by atoms with E-state index < -0.39 is 10.2 Å². The quantitative estimate of drug-likeness (QED) is 0.790. The molecular weight excluding hydrogens is 280 g/mol. The Labute approximate surface area is 118 Å². The molecular formula is C12H20N4O3S. The van der Waals surface area contributed by atoms with Gasteiger partial charge in [0.25, 0.3) is 5.56 Å². The van der Waals surface area contributed by atoms with Gasteiger partial charge in [0.05, 0.1) is 5.69 Å². The first-order valence-electron chi connectivity index (χ1n) is 6.72. The first kappa shape index (κ1) is 15.0. The molecule has 0 aromatic carbocycles. The van der Waals surface area contributed by atoms with Gasteiger partial charge in [0.2, 0.25) is 0 Å². The minimum Gasteiger partial charge on any atom is -0.314 e. The third kappa shape index (κ3) is 3.59. The summed E-state index contributed by atoms with van der Waals surface area (Å²) in [7, 11) is -3.55. The molecule has 112 valence electrons. The molecule has 0 unspecified atom stereocenters. The second kappa shape index (κ2) is 6.38. The molecule has 1 saturated heterocycles. The lowest BCUT2D eigenvalue weighted by molar-refractivity contribution is 0.362. The van der Waals surface area contributed by atoms with Crippen LogP contribution in [0.3, 0.4) is 0 Å². The van der Waals surface area contributed by atoms with Gasteiger partial charge in [-0.3, -0.25) is 9.52 Å². The molecule has 1 fully saturated rings. The Morgan fingerprint density at radius 3 is 2.65 bits per heavy atom. The van der Waals surface area contributed by atoms with Crippen LogP contribution in [0, 0.1) is 0 Å². The summed E-state index contributed by atoms with van der Waals surface area (Å²) in [6.45, 7) is 4.73. The van der Waals surface area contributed by atoms with Gasteiger partial charge in [0.1, 0.15) is 0 Å². The molecule has 8 heteroatoms. The fraction of sp³-hybridized carbons (Fsp3) is 0.583. The van der Waals surface area contributed by atoms with Crippen molar-refractivity contribution >= 4 is 15.9 Å². The van der Waals surface area contributed by atoms with Crippen molar-refractivity contribution in [2.24, 2.45) is 0 Å². The monoisotopic (exact) mass is 300 g/mol. The largest absolute Gasteiger partial charge is 0.314 e. The van der Waals surface area contributed by atoms with Gasteiger partial charge in [-0.15, -0.1) is 0 Å². The standard InChI is InChI=1S/C12H20N4O3S/c1-2-7-15-10-11(3-4-12(15)17)14-20(18,19)16-8-5-13-6-9-16/h3-4,10,13-14H,2,5-9H2,1H3. The summed E-state index contributed by atoms with van der Waals surface area (Å²) in [5.74, 6) is 0. The van der Waals surface area contributed by atoms with E-state index in [2.05, 4.69) is 10.0 Å². The molecule has 0 amide bonds. The molecule has 0 spiro atoms.